The van der Waals surface area contributed by atoms with Gasteiger partial charge in [0, 0.05) is 18.2 Å². The molecule has 0 bridgehead atoms. The molecule has 0 saturated heterocycles. The van der Waals surface area contributed by atoms with E-state index >= 15 is 0 Å². The topological polar surface area (TPSA) is 85.6 Å². The Balaban J connectivity index is 2.69. The Kier molecular flexibility index (Phi) is 7.16. The van der Waals surface area contributed by atoms with Crippen molar-refractivity contribution in [2.45, 2.75) is 51.0 Å². The monoisotopic (exact) mass is 341 g/mol. The Morgan fingerprint density at radius 2 is 2.22 bits per heavy atom. The van der Waals surface area contributed by atoms with E-state index in [1.165, 1.54) is 0 Å². The van der Waals surface area contributed by atoms with Crippen LogP contribution in [0.3, 0.4) is 0 Å². The number of carbonyl (C=O) groups excluding carboxylic acids is 1. The highest BCUT2D eigenvalue weighted by atomic mass is 28.4. The van der Waals surface area contributed by atoms with E-state index in [0.29, 0.717) is 25.3 Å². The first-order valence-electron chi connectivity index (χ1n) is 7.95. The van der Waals surface area contributed by atoms with Crippen LogP contribution in [0.25, 0.3) is 0 Å². The van der Waals surface area contributed by atoms with Gasteiger partial charge in [-0.2, -0.15) is 5.48 Å². The summed E-state index contributed by atoms with van der Waals surface area (Å²) in [6, 6.07) is -0.291. The van der Waals surface area contributed by atoms with E-state index in [9.17, 15) is 4.79 Å². The standard InChI is InChI=1S/C16H31N3O3Si/c1-7-8-21-19-14-10-18-12(9-13(14)15(17)20)11-22-23(5,6)16(2,3)4/h7,9,12,14,18-19H,1,8,10-11H2,2-6H3,(H2,17,20)/t12-,14-/m0/s1. The van der Waals surface area contributed by atoms with Crippen LogP contribution in [-0.2, 0) is 14.1 Å². The van der Waals surface area contributed by atoms with E-state index in [1.807, 2.05) is 6.08 Å². The predicted octanol–water partition coefficient (Wildman–Crippen LogP) is 1.47. The molecule has 0 saturated carbocycles. The van der Waals surface area contributed by atoms with E-state index in [1.54, 1.807) is 6.08 Å². The van der Waals surface area contributed by atoms with Crippen molar-refractivity contribution < 1.29 is 14.1 Å². The van der Waals surface area contributed by atoms with Crippen molar-refractivity contribution in [3.05, 3.63) is 24.3 Å². The zero-order valence-electron chi connectivity index (χ0n) is 14.9. The molecule has 1 aliphatic heterocycles. The summed E-state index contributed by atoms with van der Waals surface area (Å²) >= 11 is 0. The summed E-state index contributed by atoms with van der Waals surface area (Å²) in [6.45, 7) is 16.1. The van der Waals surface area contributed by atoms with Gasteiger partial charge in [0.1, 0.15) is 0 Å². The van der Waals surface area contributed by atoms with E-state index < -0.39 is 14.2 Å². The molecule has 0 aromatic rings. The summed E-state index contributed by atoms with van der Waals surface area (Å²) in [6.07, 6.45) is 3.47. The molecule has 1 amide bonds. The quantitative estimate of drug-likeness (QED) is 0.269. The predicted molar refractivity (Wildman–Crippen MR) is 95.3 cm³/mol. The lowest BCUT2D eigenvalue weighted by Crippen LogP contribution is -2.52. The maximum absolute atomic E-state index is 11.7. The van der Waals surface area contributed by atoms with Crippen molar-refractivity contribution in [3.8, 4) is 0 Å². The van der Waals surface area contributed by atoms with E-state index in [2.05, 4.69) is 51.2 Å². The second-order valence-corrected chi connectivity index (χ2v) is 12.2. The third kappa shape index (κ3) is 5.85. The molecule has 23 heavy (non-hydrogen) atoms. The molecule has 4 N–H and O–H groups in total. The van der Waals surface area contributed by atoms with Gasteiger partial charge in [-0.05, 0) is 18.1 Å². The number of nitrogens with two attached hydrogens (primary N) is 1. The summed E-state index contributed by atoms with van der Waals surface area (Å²) < 4.78 is 6.21. The minimum absolute atomic E-state index is 0.0240. The largest absolute Gasteiger partial charge is 0.415 e. The number of nitrogens with one attached hydrogen (secondary N) is 2. The Hall–Kier alpha value is -0.993. The molecule has 6 nitrogen and oxygen atoms in total. The maximum Gasteiger partial charge on any atom is 0.246 e. The van der Waals surface area contributed by atoms with E-state index in [0.717, 1.165) is 0 Å². The fraction of sp³-hybridized carbons (Fsp3) is 0.688. The molecule has 1 heterocycles. The molecule has 0 aromatic carbocycles. The zero-order valence-corrected chi connectivity index (χ0v) is 15.9. The van der Waals surface area contributed by atoms with Crippen molar-refractivity contribution in [1.82, 2.24) is 10.8 Å². The lowest BCUT2D eigenvalue weighted by atomic mass is 10.00. The Labute approximate surface area is 140 Å². The van der Waals surface area contributed by atoms with Crippen LogP contribution >= 0.6 is 0 Å². The van der Waals surface area contributed by atoms with Crippen LogP contribution in [0.5, 0.6) is 0 Å². The smallest absolute Gasteiger partial charge is 0.246 e. The van der Waals surface area contributed by atoms with Crippen molar-refractivity contribution in [2.75, 3.05) is 19.8 Å². The van der Waals surface area contributed by atoms with Crippen LogP contribution in [-0.4, -0.2) is 46.1 Å². The van der Waals surface area contributed by atoms with Crippen LogP contribution in [0.2, 0.25) is 18.1 Å². The minimum Gasteiger partial charge on any atom is -0.415 e. The Morgan fingerprint density at radius 1 is 1.57 bits per heavy atom. The highest BCUT2D eigenvalue weighted by Crippen LogP contribution is 2.36. The third-order valence-electron chi connectivity index (χ3n) is 4.48. The number of amides is 1. The Morgan fingerprint density at radius 3 is 2.74 bits per heavy atom. The van der Waals surface area contributed by atoms with Gasteiger partial charge in [0.15, 0.2) is 8.32 Å². The molecule has 2 atom stereocenters. The van der Waals surface area contributed by atoms with E-state index in [4.69, 9.17) is 15.0 Å². The van der Waals surface area contributed by atoms with Gasteiger partial charge in [0.25, 0.3) is 0 Å². The van der Waals surface area contributed by atoms with Crippen LogP contribution in [0, 0.1) is 0 Å². The lowest BCUT2D eigenvalue weighted by Gasteiger charge is -2.38. The summed E-state index contributed by atoms with van der Waals surface area (Å²) in [5.41, 5.74) is 8.85. The molecular weight excluding hydrogens is 310 g/mol. The van der Waals surface area contributed by atoms with Gasteiger partial charge in [0.05, 0.1) is 19.3 Å². The molecule has 0 radical (unpaired) electrons. The molecule has 1 rings (SSSR count). The van der Waals surface area contributed by atoms with Crippen molar-refractivity contribution in [2.24, 2.45) is 5.73 Å². The van der Waals surface area contributed by atoms with Crippen LogP contribution in [0.15, 0.2) is 24.3 Å². The minimum atomic E-state index is -1.82. The first-order valence-corrected chi connectivity index (χ1v) is 10.9. The van der Waals surface area contributed by atoms with Gasteiger partial charge < -0.3 is 15.5 Å². The van der Waals surface area contributed by atoms with Crippen LogP contribution < -0.4 is 16.5 Å². The van der Waals surface area contributed by atoms with Gasteiger partial charge in [-0.15, -0.1) is 6.58 Å². The van der Waals surface area contributed by atoms with Crippen LogP contribution in [0.1, 0.15) is 20.8 Å². The summed E-state index contributed by atoms with van der Waals surface area (Å²) in [5.74, 6) is -0.441. The van der Waals surface area contributed by atoms with Crippen molar-refractivity contribution >= 4 is 14.2 Å². The fourth-order valence-corrected chi connectivity index (χ4v) is 2.99. The number of hydroxylamine groups is 1. The number of primary amides is 1. The average molecular weight is 342 g/mol. The molecule has 7 heteroatoms. The van der Waals surface area contributed by atoms with Crippen LogP contribution in [0.4, 0.5) is 0 Å². The second-order valence-electron chi connectivity index (χ2n) is 7.34. The summed E-state index contributed by atoms with van der Waals surface area (Å²) in [4.78, 5) is 16.9. The molecule has 132 valence electrons. The molecule has 0 spiro atoms. The number of carbonyl (C=O) groups is 1. The van der Waals surface area contributed by atoms with Gasteiger partial charge in [-0.25, -0.2) is 0 Å². The maximum atomic E-state index is 11.7. The van der Waals surface area contributed by atoms with Gasteiger partial charge in [0.2, 0.25) is 5.91 Å². The highest BCUT2D eigenvalue weighted by Gasteiger charge is 2.38. The molecule has 0 fully saturated rings. The molecule has 0 aliphatic carbocycles. The van der Waals surface area contributed by atoms with Crippen molar-refractivity contribution in [1.29, 1.82) is 0 Å². The Bertz CT molecular complexity index is 458. The molecule has 1 aliphatic rings. The molecular formula is C16H31N3O3Si. The van der Waals surface area contributed by atoms with E-state index in [-0.39, 0.29) is 17.1 Å². The van der Waals surface area contributed by atoms with Gasteiger partial charge >= 0.3 is 0 Å². The number of hydrogen-bond acceptors (Lipinski definition) is 5. The molecule has 0 aromatic heterocycles. The number of rotatable bonds is 8. The first-order chi connectivity index (χ1) is 10.6. The summed E-state index contributed by atoms with van der Waals surface area (Å²) in [5, 5.41) is 3.50. The van der Waals surface area contributed by atoms with Gasteiger partial charge in [-0.1, -0.05) is 32.9 Å². The SMILES string of the molecule is C=CCON[C@H]1CN[C@H](CO[Si](C)(C)C(C)(C)C)C=C1C(N)=O. The summed E-state index contributed by atoms with van der Waals surface area (Å²) in [7, 11) is -1.82. The lowest BCUT2D eigenvalue weighted by molar-refractivity contribution is -0.115. The number of hydrogen-bond donors (Lipinski definition) is 3. The third-order valence-corrected chi connectivity index (χ3v) is 8.98. The average Bonchev–Trinajstić information content (AvgIpc) is 2.45. The highest BCUT2D eigenvalue weighted by molar-refractivity contribution is 6.74. The first kappa shape index (κ1) is 20.1. The normalized spacial score (nSPS) is 22.6. The van der Waals surface area contributed by atoms with Gasteiger partial charge in [-0.3, -0.25) is 9.63 Å². The second kappa shape index (κ2) is 8.21. The molecule has 0 unspecified atom stereocenters. The zero-order chi connectivity index (χ0) is 17.7. The fourth-order valence-electron chi connectivity index (χ4n) is 1.96. The van der Waals surface area contributed by atoms with Crippen molar-refractivity contribution in [3.63, 3.8) is 0 Å².